The van der Waals surface area contributed by atoms with Crippen molar-refractivity contribution in [2.45, 2.75) is 38.8 Å². The number of nitrogens with zero attached hydrogens (tertiary/aromatic N) is 1. The fourth-order valence-corrected chi connectivity index (χ4v) is 2.53. The van der Waals surface area contributed by atoms with Gasteiger partial charge >= 0.3 is 0 Å². The summed E-state index contributed by atoms with van der Waals surface area (Å²) in [5.41, 5.74) is 1.74. The smallest absolute Gasteiger partial charge is 0.126 e. The van der Waals surface area contributed by atoms with Gasteiger partial charge in [-0.2, -0.15) is 0 Å². The lowest BCUT2D eigenvalue weighted by molar-refractivity contribution is 0.181. The van der Waals surface area contributed by atoms with Crippen LogP contribution in [0.5, 0.6) is 0 Å². The molecule has 1 aliphatic rings. The SMILES string of the molecule is Cc1ccc(CNCC2CCCCN2C)cc1F. The van der Waals surface area contributed by atoms with Crippen LogP contribution in [-0.2, 0) is 6.54 Å². The third kappa shape index (κ3) is 3.53. The third-order valence-corrected chi connectivity index (χ3v) is 3.87. The molecule has 0 aliphatic carbocycles. The van der Waals surface area contributed by atoms with Crippen LogP contribution in [0, 0.1) is 12.7 Å². The predicted octanol–water partition coefficient (Wildman–Crippen LogP) is 2.71. The van der Waals surface area contributed by atoms with Crippen LogP contribution in [0.2, 0.25) is 0 Å². The van der Waals surface area contributed by atoms with E-state index in [1.54, 1.807) is 13.0 Å². The van der Waals surface area contributed by atoms with E-state index in [1.807, 2.05) is 12.1 Å². The van der Waals surface area contributed by atoms with Gasteiger partial charge in [-0.3, -0.25) is 0 Å². The average molecular weight is 250 g/mol. The summed E-state index contributed by atoms with van der Waals surface area (Å²) >= 11 is 0. The number of halogens is 1. The fraction of sp³-hybridized carbons (Fsp3) is 0.600. The number of aryl methyl sites for hydroxylation is 1. The molecule has 3 heteroatoms. The first-order valence-electron chi connectivity index (χ1n) is 6.83. The van der Waals surface area contributed by atoms with Crippen molar-refractivity contribution in [3.8, 4) is 0 Å². The van der Waals surface area contributed by atoms with Crippen molar-refractivity contribution < 1.29 is 4.39 Å². The van der Waals surface area contributed by atoms with Crippen molar-refractivity contribution in [1.82, 2.24) is 10.2 Å². The maximum atomic E-state index is 13.4. The van der Waals surface area contributed by atoms with Gasteiger partial charge in [-0.05, 0) is 50.6 Å². The van der Waals surface area contributed by atoms with Crippen molar-refractivity contribution in [2.75, 3.05) is 20.1 Å². The Kier molecular flexibility index (Phi) is 4.72. The van der Waals surface area contributed by atoms with Crippen molar-refractivity contribution in [2.24, 2.45) is 0 Å². The Morgan fingerprint density at radius 3 is 2.94 bits per heavy atom. The van der Waals surface area contributed by atoms with Gasteiger partial charge in [0.2, 0.25) is 0 Å². The summed E-state index contributed by atoms with van der Waals surface area (Å²) in [6, 6.07) is 6.11. The van der Waals surface area contributed by atoms with Crippen molar-refractivity contribution >= 4 is 0 Å². The zero-order valence-corrected chi connectivity index (χ0v) is 11.4. The molecule has 1 fully saturated rings. The van der Waals surface area contributed by atoms with Crippen LogP contribution >= 0.6 is 0 Å². The van der Waals surface area contributed by atoms with Crippen molar-refractivity contribution in [3.05, 3.63) is 35.1 Å². The van der Waals surface area contributed by atoms with E-state index in [4.69, 9.17) is 0 Å². The lowest BCUT2D eigenvalue weighted by Gasteiger charge is -2.32. The number of hydrogen-bond donors (Lipinski definition) is 1. The highest BCUT2D eigenvalue weighted by atomic mass is 19.1. The molecule has 1 atom stereocenters. The highest BCUT2D eigenvalue weighted by Gasteiger charge is 2.17. The molecule has 0 bridgehead atoms. The highest BCUT2D eigenvalue weighted by Crippen LogP contribution is 2.14. The molecular weight excluding hydrogens is 227 g/mol. The van der Waals surface area contributed by atoms with Crippen LogP contribution in [-0.4, -0.2) is 31.1 Å². The van der Waals surface area contributed by atoms with Crippen LogP contribution in [0.15, 0.2) is 18.2 Å². The number of likely N-dealkylation sites (N-methyl/N-ethyl adjacent to an activating group) is 1. The monoisotopic (exact) mass is 250 g/mol. The molecule has 1 heterocycles. The maximum Gasteiger partial charge on any atom is 0.126 e. The molecule has 1 aromatic carbocycles. The van der Waals surface area contributed by atoms with E-state index >= 15 is 0 Å². The van der Waals surface area contributed by atoms with E-state index in [2.05, 4.69) is 17.3 Å². The van der Waals surface area contributed by atoms with Gasteiger partial charge in [0.15, 0.2) is 0 Å². The average Bonchev–Trinajstić information content (AvgIpc) is 2.36. The largest absolute Gasteiger partial charge is 0.311 e. The lowest BCUT2D eigenvalue weighted by Crippen LogP contribution is -2.42. The standard InChI is InChI=1S/C15H23FN2/c1-12-6-7-13(9-15(12)16)10-17-11-14-5-3-4-8-18(14)2/h6-7,9,14,17H,3-5,8,10-11H2,1-2H3. The van der Waals surface area contributed by atoms with Crippen molar-refractivity contribution in [3.63, 3.8) is 0 Å². The minimum absolute atomic E-state index is 0.107. The summed E-state index contributed by atoms with van der Waals surface area (Å²) in [5.74, 6) is -0.107. The summed E-state index contributed by atoms with van der Waals surface area (Å²) in [6.45, 7) is 4.74. The molecule has 0 radical (unpaired) electrons. The number of piperidine rings is 1. The fourth-order valence-electron chi connectivity index (χ4n) is 2.53. The van der Waals surface area contributed by atoms with E-state index < -0.39 is 0 Å². The van der Waals surface area contributed by atoms with Crippen LogP contribution < -0.4 is 5.32 Å². The Labute approximate surface area is 109 Å². The van der Waals surface area contributed by atoms with Gasteiger partial charge in [0, 0.05) is 19.1 Å². The Morgan fingerprint density at radius 1 is 1.39 bits per heavy atom. The zero-order valence-electron chi connectivity index (χ0n) is 11.4. The third-order valence-electron chi connectivity index (χ3n) is 3.87. The molecule has 2 nitrogen and oxygen atoms in total. The summed E-state index contributed by atoms with van der Waals surface area (Å²) in [6.07, 6.45) is 3.91. The molecule has 0 spiro atoms. The number of nitrogens with one attached hydrogen (secondary N) is 1. The molecule has 1 unspecified atom stereocenters. The molecule has 1 aromatic rings. The summed E-state index contributed by atoms with van der Waals surface area (Å²) in [4.78, 5) is 2.42. The molecule has 2 rings (SSSR count). The van der Waals surface area contributed by atoms with E-state index in [9.17, 15) is 4.39 Å². The van der Waals surface area contributed by atoms with Gasteiger partial charge in [0.25, 0.3) is 0 Å². The van der Waals surface area contributed by atoms with E-state index in [-0.39, 0.29) is 5.82 Å². The maximum absolute atomic E-state index is 13.4. The number of benzene rings is 1. The number of hydrogen-bond acceptors (Lipinski definition) is 2. The zero-order chi connectivity index (χ0) is 13.0. The van der Waals surface area contributed by atoms with Crippen LogP contribution in [0.25, 0.3) is 0 Å². The Hall–Kier alpha value is -0.930. The van der Waals surface area contributed by atoms with Gasteiger partial charge in [0.1, 0.15) is 5.82 Å². The summed E-state index contributed by atoms with van der Waals surface area (Å²) in [5, 5.41) is 3.44. The van der Waals surface area contributed by atoms with Crippen LogP contribution in [0.4, 0.5) is 4.39 Å². The molecule has 1 aliphatic heterocycles. The molecule has 1 saturated heterocycles. The van der Waals surface area contributed by atoms with Gasteiger partial charge in [-0.25, -0.2) is 4.39 Å². The quantitative estimate of drug-likeness (QED) is 0.884. The van der Waals surface area contributed by atoms with Crippen molar-refractivity contribution in [1.29, 1.82) is 0 Å². The van der Waals surface area contributed by atoms with E-state index in [0.29, 0.717) is 11.6 Å². The second kappa shape index (κ2) is 6.30. The second-order valence-corrected chi connectivity index (χ2v) is 5.34. The molecular formula is C15H23FN2. The highest BCUT2D eigenvalue weighted by molar-refractivity contribution is 5.23. The van der Waals surface area contributed by atoms with Gasteiger partial charge in [-0.1, -0.05) is 18.6 Å². The Morgan fingerprint density at radius 2 is 2.22 bits per heavy atom. The van der Waals surface area contributed by atoms with Crippen LogP contribution in [0.3, 0.4) is 0 Å². The topological polar surface area (TPSA) is 15.3 Å². The minimum atomic E-state index is -0.107. The second-order valence-electron chi connectivity index (χ2n) is 5.34. The first-order valence-corrected chi connectivity index (χ1v) is 6.83. The number of likely N-dealkylation sites (tertiary alicyclic amines) is 1. The summed E-state index contributed by atoms with van der Waals surface area (Å²) in [7, 11) is 2.19. The summed E-state index contributed by atoms with van der Waals surface area (Å²) < 4.78 is 13.4. The first-order chi connectivity index (χ1) is 8.66. The Bertz CT molecular complexity index is 392. The first kappa shape index (κ1) is 13.5. The van der Waals surface area contributed by atoms with Gasteiger partial charge < -0.3 is 10.2 Å². The van der Waals surface area contributed by atoms with Crippen LogP contribution in [0.1, 0.15) is 30.4 Å². The predicted molar refractivity (Wildman–Crippen MR) is 73.1 cm³/mol. The van der Waals surface area contributed by atoms with E-state index in [0.717, 1.165) is 18.7 Å². The number of rotatable bonds is 4. The minimum Gasteiger partial charge on any atom is -0.311 e. The van der Waals surface area contributed by atoms with Gasteiger partial charge in [0.05, 0.1) is 0 Å². The molecule has 18 heavy (non-hydrogen) atoms. The Balaban J connectivity index is 1.79. The van der Waals surface area contributed by atoms with Gasteiger partial charge in [-0.15, -0.1) is 0 Å². The normalized spacial score (nSPS) is 21.2. The molecule has 0 aromatic heterocycles. The van der Waals surface area contributed by atoms with E-state index in [1.165, 1.54) is 25.8 Å². The molecule has 1 N–H and O–H groups in total. The molecule has 100 valence electrons. The molecule has 0 amide bonds. The lowest BCUT2D eigenvalue weighted by atomic mass is 10.0. The molecule has 0 saturated carbocycles.